The van der Waals surface area contributed by atoms with Gasteiger partial charge in [0.15, 0.2) is 0 Å². The zero-order valence-corrected chi connectivity index (χ0v) is 8.95. The van der Waals surface area contributed by atoms with E-state index in [1.165, 1.54) is 6.34 Å². The van der Waals surface area contributed by atoms with Gasteiger partial charge in [0.2, 0.25) is 0 Å². The van der Waals surface area contributed by atoms with Crippen LogP contribution in [0, 0.1) is 0 Å². The van der Waals surface area contributed by atoms with Crippen molar-refractivity contribution in [3.8, 4) is 0 Å². The second-order valence-electron chi connectivity index (χ2n) is 3.57. The number of rotatable bonds is 2. The first kappa shape index (κ1) is 11.2. The van der Waals surface area contributed by atoms with Gasteiger partial charge in [0, 0.05) is 22.3 Å². The van der Waals surface area contributed by atoms with Crippen molar-refractivity contribution < 1.29 is 0 Å². The zero-order chi connectivity index (χ0) is 11.4. The van der Waals surface area contributed by atoms with Gasteiger partial charge in [-0.25, -0.2) is 4.99 Å². The minimum Gasteiger partial charge on any atom is -0.390 e. The lowest BCUT2D eigenvalue weighted by Gasteiger charge is -2.02. The van der Waals surface area contributed by atoms with Gasteiger partial charge in [0.1, 0.15) is 0 Å². The molecule has 0 bridgehead atoms. The van der Waals surface area contributed by atoms with E-state index in [1.807, 2.05) is 13.8 Å². The maximum Gasteiger partial charge on any atom is 0.251 e. The Morgan fingerprint density at radius 3 is 2.80 bits per heavy atom. The maximum absolute atomic E-state index is 11.5. The van der Waals surface area contributed by atoms with Crippen LogP contribution in [0.4, 0.5) is 0 Å². The molecule has 0 atom stereocenters. The Labute approximate surface area is 87.9 Å². The Hall–Kier alpha value is -1.84. The summed E-state index contributed by atoms with van der Waals surface area (Å²) in [6.07, 6.45) is 2.77. The molecule has 0 aromatic carbocycles. The fourth-order valence-electron chi connectivity index (χ4n) is 1.27. The molecular weight excluding hydrogens is 190 g/mol. The molecule has 0 fully saturated rings. The smallest absolute Gasteiger partial charge is 0.251 e. The van der Waals surface area contributed by atoms with E-state index in [4.69, 9.17) is 5.73 Å². The Morgan fingerprint density at radius 1 is 1.60 bits per heavy atom. The van der Waals surface area contributed by atoms with Crippen LogP contribution in [0.1, 0.15) is 25.3 Å². The van der Waals surface area contributed by atoms with Gasteiger partial charge < -0.3 is 10.7 Å². The largest absolute Gasteiger partial charge is 0.390 e. The summed E-state index contributed by atoms with van der Waals surface area (Å²) in [6.45, 7) is 7.66. The third-order valence-electron chi connectivity index (χ3n) is 2.11. The fraction of sp³-hybridized carbons (Fsp3) is 0.273. The number of H-pyrrole nitrogens is 1. The SMILES string of the molecule is C=c1[nH]c(=O)c(C(C)C)c/c1=C/N=CN. The van der Waals surface area contributed by atoms with E-state index in [1.54, 1.807) is 12.3 Å². The van der Waals surface area contributed by atoms with Crippen LogP contribution in [0.3, 0.4) is 0 Å². The van der Waals surface area contributed by atoms with E-state index in [0.717, 1.165) is 10.8 Å². The Morgan fingerprint density at radius 2 is 2.27 bits per heavy atom. The van der Waals surface area contributed by atoms with Crippen LogP contribution in [0.5, 0.6) is 0 Å². The van der Waals surface area contributed by atoms with E-state index in [-0.39, 0.29) is 11.5 Å². The summed E-state index contributed by atoms with van der Waals surface area (Å²) in [5.41, 5.74) is 5.77. The van der Waals surface area contributed by atoms with Crippen molar-refractivity contribution in [3.63, 3.8) is 0 Å². The Bertz CT molecular complexity index is 526. The van der Waals surface area contributed by atoms with Crippen LogP contribution in [0.15, 0.2) is 15.9 Å². The Kier molecular flexibility index (Phi) is 3.44. The number of aromatic nitrogens is 1. The maximum atomic E-state index is 11.5. The van der Waals surface area contributed by atoms with Gasteiger partial charge in [-0.2, -0.15) is 0 Å². The first-order valence-electron chi connectivity index (χ1n) is 4.72. The van der Waals surface area contributed by atoms with E-state index < -0.39 is 0 Å². The molecule has 15 heavy (non-hydrogen) atoms. The number of nitrogens with one attached hydrogen (secondary N) is 1. The number of hydrogen-bond acceptors (Lipinski definition) is 2. The second kappa shape index (κ2) is 4.59. The summed E-state index contributed by atoms with van der Waals surface area (Å²) >= 11 is 0. The average molecular weight is 205 g/mol. The standard InChI is InChI=1S/C11H15N3O/c1-7(2)10-4-9(5-13-6-12)8(3)14-11(10)15/h4-7H,3H2,1-2H3,(H2,12,13)(H,14,15)/b9-5-. The molecule has 1 rings (SSSR count). The minimum atomic E-state index is -0.0936. The lowest BCUT2D eigenvalue weighted by molar-refractivity contribution is 0.838. The van der Waals surface area contributed by atoms with Crippen LogP contribution in [0.2, 0.25) is 0 Å². The molecule has 1 aromatic rings. The highest BCUT2D eigenvalue weighted by atomic mass is 16.1. The summed E-state index contributed by atoms with van der Waals surface area (Å²) in [5.74, 6) is 0.170. The molecule has 0 aliphatic heterocycles. The zero-order valence-electron chi connectivity index (χ0n) is 8.95. The van der Waals surface area contributed by atoms with Crippen molar-refractivity contribution in [2.45, 2.75) is 19.8 Å². The van der Waals surface area contributed by atoms with Gasteiger partial charge in [-0.1, -0.05) is 20.4 Å². The molecule has 1 heterocycles. The third-order valence-corrected chi connectivity index (χ3v) is 2.11. The highest BCUT2D eigenvalue weighted by Gasteiger charge is 2.03. The van der Waals surface area contributed by atoms with E-state index in [9.17, 15) is 4.79 Å². The first-order chi connectivity index (χ1) is 7.06. The third kappa shape index (κ3) is 2.56. The number of aromatic amines is 1. The predicted octanol–water partition coefficient (Wildman–Crippen LogP) is -0.366. The summed E-state index contributed by atoms with van der Waals surface area (Å²) in [4.78, 5) is 18.0. The van der Waals surface area contributed by atoms with Gasteiger partial charge in [-0.15, -0.1) is 0 Å². The molecule has 0 saturated heterocycles. The lowest BCUT2D eigenvalue weighted by Crippen LogP contribution is -2.35. The fourth-order valence-corrected chi connectivity index (χ4v) is 1.27. The van der Waals surface area contributed by atoms with Crippen molar-refractivity contribution in [2.24, 2.45) is 10.7 Å². The number of nitrogens with zero attached hydrogens (tertiary/aromatic N) is 1. The number of hydrogen-bond donors (Lipinski definition) is 2. The summed E-state index contributed by atoms with van der Waals surface area (Å²) in [5, 5.41) is 1.33. The molecule has 1 aromatic heterocycles. The summed E-state index contributed by atoms with van der Waals surface area (Å²) in [7, 11) is 0. The predicted molar refractivity (Wildman–Crippen MR) is 63.1 cm³/mol. The molecule has 4 heteroatoms. The number of aliphatic imine (C=N–C) groups is 1. The highest BCUT2D eigenvalue weighted by molar-refractivity contribution is 5.56. The minimum absolute atomic E-state index is 0.0936. The molecule has 0 amide bonds. The summed E-state index contributed by atoms with van der Waals surface area (Å²) in [6, 6.07) is 1.79. The lowest BCUT2D eigenvalue weighted by atomic mass is 10.1. The molecule has 4 nitrogen and oxygen atoms in total. The molecule has 0 aliphatic rings. The number of pyridine rings is 1. The number of nitrogens with two attached hydrogens (primary N) is 1. The van der Waals surface area contributed by atoms with E-state index >= 15 is 0 Å². The van der Waals surface area contributed by atoms with Crippen molar-refractivity contribution in [3.05, 3.63) is 32.6 Å². The molecule has 0 aliphatic carbocycles. The van der Waals surface area contributed by atoms with Crippen LogP contribution in [-0.4, -0.2) is 11.3 Å². The van der Waals surface area contributed by atoms with Gasteiger partial charge >= 0.3 is 0 Å². The van der Waals surface area contributed by atoms with Gasteiger partial charge in [0.05, 0.1) is 6.34 Å². The van der Waals surface area contributed by atoms with E-state index in [0.29, 0.717) is 5.35 Å². The van der Waals surface area contributed by atoms with Crippen LogP contribution < -0.4 is 21.9 Å². The van der Waals surface area contributed by atoms with Gasteiger partial charge in [-0.3, -0.25) is 4.79 Å². The van der Waals surface area contributed by atoms with Crippen molar-refractivity contribution >= 4 is 19.1 Å². The Balaban J connectivity index is 3.50. The van der Waals surface area contributed by atoms with Gasteiger partial charge in [-0.05, 0) is 12.0 Å². The van der Waals surface area contributed by atoms with Crippen LogP contribution in [0.25, 0.3) is 12.8 Å². The molecule has 0 radical (unpaired) electrons. The van der Waals surface area contributed by atoms with Gasteiger partial charge in [0.25, 0.3) is 5.56 Å². The molecule has 0 unspecified atom stereocenters. The topological polar surface area (TPSA) is 71.2 Å². The molecule has 80 valence electrons. The van der Waals surface area contributed by atoms with Crippen molar-refractivity contribution in [1.82, 2.24) is 4.98 Å². The molecular formula is C11H15N3O. The van der Waals surface area contributed by atoms with Crippen LogP contribution >= 0.6 is 0 Å². The highest BCUT2D eigenvalue weighted by Crippen LogP contribution is 2.04. The monoisotopic (exact) mass is 205 g/mol. The van der Waals surface area contributed by atoms with Crippen LogP contribution in [-0.2, 0) is 0 Å². The van der Waals surface area contributed by atoms with Crippen molar-refractivity contribution in [1.29, 1.82) is 0 Å². The second-order valence-corrected chi connectivity index (χ2v) is 3.57. The quantitative estimate of drug-likeness (QED) is 0.511. The average Bonchev–Trinajstić information content (AvgIpc) is 2.16. The first-order valence-corrected chi connectivity index (χ1v) is 4.72. The van der Waals surface area contributed by atoms with Crippen molar-refractivity contribution in [2.75, 3.05) is 0 Å². The molecule has 0 saturated carbocycles. The normalized spacial score (nSPS) is 12.9. The molecule has 0 spiro atoms. The molecule has 3 N–H and O–H groups in total. The summed E-state index contributed by atoms with van der Waals surface area (Å²) < 4.78 is 0. The van der Waals surface area contributed by atoms with E-state index in [2.05, 4.69) is 16.6 Å².